The van der Waals surface area contributed by atoms with E-state index in [9.17, 15) is 18.0 Å². The van der Waals surface area contributed by atoms with Gasteiger partial charge in [0, 0.05) is 0 Å². The first-order chi connectivity index (χ1) is 16.4. The summed E-state index contributed by atoms with van der Waals surface area (Å²) in [5, 5.41) is 2.45. The molecule has 8 nitrogen and oxygen atoms in total. The zero-order chi connectivity index (χ0) is 26.2. The summed E-state index contributed by atoms with van der Waals surface area (Å²) in [7, 11) is -3.03. The Morgan fingerprint density at radius 1 is 1.09 bits per heavy atom. The summed E-state index contributed by atoms with van der Waals surface area (Å²) < 4.78 is 38.9. The van der Waals surface area contributed by atoms with Crippen LogP contribution in [0.5, 0.6) is 0 Å². The normalized spacial score (nSPS) is 12.1. The van der Waals surface area contributed by atoms with Gasteiger partial charge in [0.15, 0.2) is 6.04 Å². The van der Waals surface area contributed by atoms with E-state index in [0.717, 1.165) is 17.0 Å². The van der Waals surface area contributed by atoms with E-state index >= 15 is 0 Å². The second-order valence-electron chi connectivity index (χ2n) is 8.73. The number of benzene rings is 2. The van der Waals surface area contributed by atoms with Crippen LogP contribution >= 0.6 is 0 Å². The van der Waals surface area contributed by atoms with Gasteiger partial charge in [-0.2, -0.15) is 0 Å². The van der Waals surface area contributed by atoms with Gasteiger partial charge in [-0.15, -0.1) is 5.73 Å². The largest absolute Gasteiger partial charge is 0.467 e. The van der Waals surface area contributed by atoms with Crippen molar-refractivity contribution in [2.75, 3.05) is 7.11 Å². The van der Waals surface area contributed by atoms with Crippen LogP contribution < -0.4 is 5.32 Å². The Kier molecular flexibility index (Phi) is 9.28. The van der Waals surface area contributed by atoms with Gasteiger partial charge in [-0.25, -0.2) is 18.0 Å². The van der Waals surface area contributed by atoms with Gasteiger partial charge in [0.05, 0.1) is 18.6 Å². The molecule has 1 N–H and O–H groups in total. The molecule has 1 atom stereocenters. The summed E-state index contributed by atoms with van der Waals surface area (Å²) in [6, 6.07) is 13.7. The van der Waals surface area contributed by atoms with Crippen LogP contribution in [0.2, 0.25) is 0 Å². The van der Waals surface area contributed by atoms with E-state index in [1.165, 1.54) is 18.2 Å². The first kappa shape index (κ1) is 27.7. The van der Waals surface area contributed by atoms with Crippen LogP contribution in [0.1, 0.15) is 38.8 Å². The van der Waals surface area contributed by atoms with Gasteiger partial charge >= 0.3 is 12.1 Å². The van der Waals surface area contributed by atoms with Gasteiger partial charge in [-0.1, -0.05) is 48.0 Å². The summed E-state index contributed by atoms with van der Waals surface area (Å²) in [5.41, 5.74) is 3.44. The van der Waals surface area contributed by atoms with E-state index in [1.54, 1.807) is 64.1 Å². The van der Waals surface area contributed by atoms with Crippen molar-refractivity contribution in [3.63, 3.8) is 0 Å². The van der Waals surface area contributed by atoms with E-state index in [0.29, 0.717) is 5.56 Å². The molecule has 0 aliphatic carbocycles. The fourth-order valence-electron chi connectivity index (χ4n) is 3.12. The quantitative estimate of drug-likeness (QED) is 0.428. The molecule has 0 saturated heterocycles. The minimum atomic E-state index is -4.18. The first-order valence-corrected chi connectivity index (χ1v) is 12.4. The van der Waals surface area contributed by atoms with Crippen molar-refractivity contribution >= 4 is 22.1 Å². The van der Waals surface area contributed by atoms with E-state index in [2.05, 4.69) is 11.0 Å². The number of nitrogens with zero attached hydrogens (tertiary/aromatic N) is 1. The van der Waals surface area contributed by atoms with Crippen molar-refractivity contribution in [2.24, 2.45) is 0 Å². The molecule has 0 saturated carbocycles. The second-order valence-corrected chi connectivity index (χ2v) is 10.6. The molecule has 2 aromatic rings. The molecule has 2 rings (SSSR count). The predicted molar refractivity (Wildman–Crippen MR) is 133 cm³/mol. The van der Waals surface area contributed by atoms with E-state index < -0.39 is 33.7 Å². The zero-order valence-electron chi connectivity index (χ0n) is 20.9. The van der Waals surface area contributed by atoms with E-state index in [-0.39, 0.29) is 17.1 Å². The number of rotatable bonds is 8. The van der Waals surface area contributed by atoms with Crippen molar-refractivity contribution in [1.82, 2.24) is 9.62 Å². The highest BCUT2D eigenvalue weighted by Crippen LogP contribution is 2.26. The van der Waals surface area contributed by atoms with Crippen molar-refractivity contribution in [3.05, 3.63) is 83.2 Å². The molecule has 0 heterocycles. The predicted octanol–water partition coefficient (Wildman–Crippen LogP) is 4.31. The lowest BCUT2D eigenvalue weighted by Crippen LogP contribution is -2.49. The third-order valence-corrected chi connectivity index (χ3v) is 6.48. The van der Waals surface area contributed by atoms with Gasteiger partial charge in [-0.3, -0.25) is 4.31 Å². The fraction of sp³-hybridized carbons (Fsp3) is 0.346. The lowest BCUT2D eigenvalue weighted by molar-refractivity contribution is -0.142. The molecule has 0 aromatic heterocycles. The number of ether oxygens (including phenoxy) is 2. The van der Waals surface area contributed by atoms with E-state index in [4.69, 9.17) is 9.47 Å². The van der Waals surface area contributed by atoms with Gasteiger partial charge in [0.25, 0.3) is 10.0 Å². The van der Waals surface area contributed by atoms with Gasteiger partial charge in [-0.05, 0) is 58.4 Å². The Morgan fingerprint density at radius 2 is 1.69 bits per heavy atom. The molecule has 0 bridgehead atoms. The zero-order valence-corrected chi connectivity index (χ0v) is 21.7. The third kappa shape index (κ3) is 7.73. The average Bonchev–Trinajstić information content (AvgIpc) is 2.79. The number of aryl methyl sites for hydroxylation is 1. The van der Waals surface area contributed by atoms with Crippen LogP contribution in [-0.4, -0.2) is 43.5 Å². The second kappa shape index (κ2) is 11.7. The van der Waals surface area contributed by atoms with Crippen molar-refractivity contribution < 1.29 is 27.5 Å². The maximum absolute atomic E-state index is 13.8. The maximum Gasteiger partial charge on any atom is 0.408 e. The van der Waals surface area contributed by atoms with Crippen LogP contribution in [0.25, 0.3) is 0 Å². The molecule has 2 aromatic carbocycles. The van der Waals surface area contributed by atoms with Crippen LogP contribution in [0, 0.1) is 6.92 Å². The molecule has 1 amide bonds. The highest BCUT2D eigenvalue weighted by Gasteiger charge is 2.37. The summed E-state index contributed by atoms with van der Waals surface area (Å²) in [6.45, 7) is 8.38. The van der Waals surface area contributed by atoms with E-state index in [1.807, 2.05) is 13.0 Å². The van der Waals surface area contributed by atoms with Gasteiger partial charge in [0.2, 0.25) is 0 Å². The van der Waals surface area contributed by atoms with Gasteiger partial charge < -0.3 is 14.8 Å². The Morgan fingerprint density at radius 3 is 2.20 bits per heavy atom. The number of alkyl carbamates (subject to hydrolysis) is 1. The molecule has 0 unspecified atom stereocenters. The number of hydrogen-bond donors (Lipinski definition) is 1. The summed E-state index contributed by atoms with van der Waals surface area (Å²) in [4.78, 5) is 25.4. The highest BCUT2D eigenvalue weighted by molar-refractivity contribution is 7.89. The highest BCUT2D eigenvalue weighted by atomic mass is 32.2. The smallest absolute Gasteiger partial charge is 0.408 e. The van der Waals surface area contributed by atoms with Crippen molar-refractivity contribution in [1.29, 1.82) is 0 Å². The summed E-state index contributed by atoms with van der Waals surface area (Å²) >= 11 is 0. The first-order valence-electron chi connectivity index (χ1n) is 11.0. The third-order valence-electron chi connectivity index (χ3n) is 4.71. The van der Waals surface area contributed by atoms with Crippen LogP contribution in [-0.2, 0) is 30.8 Å². The number of carbonyl (C=O) groups is 2. The number of nitrogens with one attached hydrogen (secondary N) is 1. The van der Waals surface area contributed by atoms with Crippen LogP contribution in [0.3, 0.4) is 0 Å². The van der Waals surface area contributed by atoms with Crippen molar-refractivity contribution in [3.8, 4) is 0 Å². The molecule has 0 radical (unpaired) electrons. The topological polar surface area (TPSA) is 102 Å². The molecule has 188 valence electrons. The number of hydrogen-bond acceptors (Lipinski definition) is 6. The van der Waals surface area contributed by atoms with Crippen molar-refractivity contribution in [2.45, 2.75) is 57.7 Å². The van der Waals surface area contributed by atoms with Crippen LogP contribution in [0.15, 0.2) is 77.0 Å². The Hall–Kier alpha value is -3.55. The minimum Gasteiger partial charge on any atom is -0.467 e. The Bertz CT molecular complexity index is 1190. The van der Waals surface area contributed by atoms with Gasteiger partial charge in [0.1, 0.15) is 11.3 Å². The molecule has 0 spiro atoms. The number of amides is 1. The Balaban J connectivity index is 2.67. The molecule has 0 aliphatic heterocycles. The lowest BCUT2D eigenvalue weighted by atomic mass is 10.1. The molecule has 9 heteroatoms. The lowest BCUT2D eigenvalue weighted by Gasteiger charge is -2.30. The number of carbonyl (C=O) groups excluding carboxylic acids is 2. The van der Waals surface area contributed by atoms with Crippen LogP contribution in [0.4, 0.5) is 4.79 Å². The number of methoxy groups -OCH3 is 1. The maximum atomic E-state index is 13.8. The Labute approximate surface area is 207 Å². The summed E-state index contributed by atoms with van der Waals surface area (Å²) in [5.74, 6) is -0.877. The monoisotopic (exact) mass is 500 g/mol. The fourth-order valence-corrected chi connectivity index (χ4v) is 4.59. The molecule has 35 heavy (non-hydrogen) atoms. The standard InChI is InChI=1S/C26H32N2O6S/c1-7-11-22(23(24(29)33-6)27-25(30)34-26(3,4)5)28(18-20-12-9-8-10-13-20)35(31,32)21-16-14-19(2)15-17-21/h7-10,12-17,23H,18H2,1-6H3,(H,27,30)/t11?,23-/m1/s1. The number of esters is 1. The number of sulfonamides is 1. The molecular formula is C26H32N2O6S. The summed E-state index contributed by atoms with van der Waals surface area (Å²) in [6.07, 6.45) is 0.556. The molecule has 0 fully saturated rings. The molecular weight excluding hydrogens is 468 g/mol. The SMILES string of the molecule is CC=C=C([C@@H](NC(=O)OC(C)(C)C)C(=O)OC)N(Cc1ccccc1)S(=O)(=O)c1ccc(C)cc1. The average molecular weight is 501 g/mol. The minimum absolute atomic E-state index is 0.0234. The molecule has 0 aliphatic rings.